The number of alkyl carbamates (subject to hydrolysis) is 1. The predicted octanol–water partition coefficient (Wildman–Crippen LogP) is 4.36. The Kier molecular flexibility index (Phi) is 12.4. The summed E-state index contributed by atoms with van der Waals surface area (Å²) in [5, 5.41) is 8.37. The summed E-state index contributed by atoms with van der Waals surface area (Å²) >= 11 is 0. The molecule has 0 heterocycles. The lowest BCUT2D eigenvalue weighted by atomic mass is 10.0. The smallest absolute Gasteiger partial charge is 0.408 e. The van der Waals surface area contributed by atoms with Crippen molar-refractivity contribution in [2.24, 2.45) is 5.92 Å². The molecule has 0 unspecified atom stereocenters. The predicted molar refractivity (Wildman–Crippen MR) is 138 cm³/mol. The van der Waals surface area contributed by atoms with Gasteiger partial charge in [-0.25, -0.2) is 4.79 Å². The molecule has 0 fully saturated rings. The fourth-order valence-electron chi connectivity index (χ4n) is 3.67. The minimum Gasteiger partial charge on any atom is -0.445 e. The number of hydrogen-bond donors (Lipinski definition) is 3. The molecule has 0 spiro atoms. The molecule has 2 rings (SSSR count). The Bertz CT molecular complexity index is 903. The number of rotatable bonds is 14. The molecule has 0 aliphatic heterocycles. The van der Waals surface area contributed by atoms with Crippen molar-refractivity contribution in [1.82, 2.24) is 16.0 Å². The molecule has 7 heteroatoms. The van der Waals surface area contributed by atoms with E-state index in [1.165, 1.54) is 5.56 Å². The quantitative estimate of drug-likeness (QED) is 0.349. The first-order valence-corrected chi connectivity index (χ1v) is 12.5. The van der Waals surface area contributed by atoms with Crippen LogP contribution in [-0.2, 0) is 27.4 Å². The molecule has 190 valence electrons. The number of aryl methyl sites for hydroxylation is 1. The normalized spacial score (nSPS) is 12.5. The first kappa shape index (κ1) is 27.9. The Balaban J connectivity index is 1.79. The lowest BCUT2D eigenvalue weighted by molar-refractivity contribution is -0.130. The highest BCUT2D eigenvalue weighted by Gasteiger charge is 2.26. The van der Waals surface area contributed by atoms with Crippen LogP contribution in [0.15, 0.2) is 60.7 Å². The van der Waals surface area contributed by atoms with Crippen LogP contribution in [0.2, 0.25) is 0 Å². The summed E-state index contributed by atoms with van der Waals surface area (Å²) in [4.78, 5) is 37.9. The molecule has 2 atom stereocenters. The van der Waals surface area contributed by atoms with Gasteiger partial charge in [0.05, 0.1) is 0 Å². The van der Waals surface area contributed by atoms with Crippen molar-refractivity contribution in [2.75, 3.05) is 6.54 Å². The second kappa shape index (κ2) is 15.5. The van der Waals surface area contributed by atoms with Crippen LogP contribution in [0.1, 0.15) is 57.6 Å². The summed E-state index contributed by atoms with van der Waals surface area (Å²) in [6, 6.07) is 18.1. The van der Waals surface area contributed by atoms with Crippen molar-refractivity contribution < 1.29 is 19.1 Å². The Labute approximate surface area is 209 Å². The number of hydrogen-bond acceptors (Lipinski definition) is 4. The first-order valence-electron chi connectivity index (χ1n) is 12.5. The van der Waals surface area contributed by atoms with Crippen molar-refractivity contribution in [3.63, 3.8) is 0 Å². The van der Waals surface area contributed by atoms with Gasteiger partial charge in [-0.2, -0.15) is 0 Å². The minimum absolute atomic E-state index is 0.118. The lowest BCUT2D eigenvalue weighted by Crippen LogP contribution is -2.54. The van der Waals surface area contributed by atoms with E-state index < -0.39 is 18.2 Å². The van der Waals surface area contributed by atoms with Gasteiger partial charge in [-0.3, -0.25) is 9.59 Å². The number of ether oxygens (including phenoxy) is 1. The zero-order valence-corrected chi connectivity index (χ0v) is 21.1. The third-order valence-electron chi connectivity index (χ3n) is 5.60. The third-order valence-corrected chi connectivity index (χ3v) is 5.60. The summed E-state index contributed by atoms with van der Waals surface area (Å²) in [6.45, 7) is 6.46. The van der Waals surface area contributed by atoms with Crippen molar-refractivity contribution in [2.45, 2.75) is 71.6 Å². The van der Waals surface area contributed by atoms with Crippen LogP contribution in [0.4, 0.5) is 4.79 Å². The summed E-state index contributed by atoms with van der Waals surface area (Å²) in [6.07, 6.45) is 3.02. The summed E-state index contributed by atoms with van der Waals surface area (Å²) in [5.74, 6) is -0.435. The standard InChI is InChI=1S/C28H39N3O4/c1-4-24(26(32)29-18-12-11-15-22-13-7-5-8-14-22)30-27(33)25(19-21(2)3)31-28(34)35-20-23-16-9-6-10-17-23/h5-10,13-14,16-17,21,24-25H,4,11-12,15,18-20H2,1-3H3,(H,29,32)(H,30,33)(H,31,34)/t24-,25-/m0/s1. The molecule has 3 N–H and O–H groups in total. The van der Waals surface area contributed by atoms with E-state index in [-0.39, 0.29) is 24.3 Å². The molecule has 0 aliphatic rings. The van der Waals surface area contributed by atoms with Crippen LogP contribution in [-0.4, -0.2) is 36.5 Å². The van der Waals surface area contributed by atoms with Gasteiger partial charge < -0.3 is 20.7 Å². The summed E-state index contributed by atoms with van der Waals surface area (Å²) in [7, 11) is 0. The van der Waals surface area contributed by atoms with Gasteiger partial charge >= 0.3 is 6.09 Å². The SMILES string of the molecule is CC[C@H](NC(=O)[C@H](CC(C)C)NC(=O)OCc1ccccc1)C(=O)NCCCCc1ccccc1. The van der Waals surface area contributed by atoms with E-state index >= 15 is 0 Å². The first-order chi connectivity index (χ1) is 16.9. The third kappa shape index (κ3) is 11.1. The maximum Gasteiger partial charge on any atom is 0.408 e. The van der Waals surface area contributed by atoms with E-state index in [4.69, 9.17) is 4.74 Å². The monoisotopic (exact) mass is 481 g/mol. The average molecular weight is 482 g/mol. The van der Waals surface area contributed by atoms with Crippen molar-refractivity contribution in [3.8, 4) is 0 Å². The van der Waals surface area contributed by atoms with Gasteiger partial charge in [-0.05, 0) is 49.1 Å². The Morgan fingerprint density at radius 3 is 2.03 bits per heavy atom. The van der Waals surface area contributed by atoms with Crippen LogP contribution in [0, 0.1) is 5.92 Å². The van der Waals surface area contributed by atoms with Crippen molar-refractivity contribution in [1.29, 1.82) is 0 Å². The topological polar surface area (TPSA) is 96.5 Å². The fraction of sp³-hybridized carbons (Fsp3) is 0.464. The minimum atomic E-state index is -0.786. The molecule has 7 nitrogen and oxygen atoms in total. The van der Waals surface area contributed by atoms with Crippen LogP contribution < -0.4 is 16.0 Å². The maximum absolute atomic E-state index is 12.9. The fourth-order valence-corrected chi connectivity index (χ4v) is 3.67. The zero-order chi connectivity index (χ0) is 25.5. The van der Waals surface area contributed by atoms with E-state index in [0.29, 0.717) is 19.4 Å². The number of unbranched alkanes of at least 4 members (excludes halogenated alkanes) is 1. The number of nitrogens with one attached hydrogen (secondary N) is 3. The van der Waals surface area contributed by atoms with E-state index in [2.05, 4.69) is 28.1 Å². The molecular formula is C28H39N3O4. The Morgan fingerprint density at radius 2 is 1.43 bits per heavy atom. The Morgan fingerprint density at radius 1 is 0.800 bits per heavy atom. The molecule has 0 saturated heterocycles. The maximum atomic E-state index is 12.9. The molecule has 0 aliphatic carbocycles. The average Bonchev–Trinajstić information content (AvgIpc) is 2.86. The second-order valence-electron chi connectivity index (χ2n) is 9.09. The highest BCUT2D eigenvalue weighted by atomic mass is 16.5. The molecular weight excluding hydrogens is 442 g/mol. The number of carbonyl (C=O) groups excluding carboxylic acids is 3. The van der Waals surface area contributed by atoms with Gasteiger partial charge in [-0.15, -0.1) is 0 Å². The molecule has 0 bridgehead atoms. The highest BCUT2D eigenvalue weighted by Crippen LogP contribution is 2.08. The van der Waals surface area contributed by atoms with Crippen molar-refractivity contribution >= 4 is 17.9 Å². The van der Waals surface area contributed by atoms with Crippen LogP contribution in [0.3, 0.4) is 0 Å². The molecule has 35 heavy (non-hydrogen) atoms. The van der Waals surface area contributed by atoms with E-state index in [1.807, 2.05) is 69.3 Å². The molecule has 0 aromatic heterocycles. The zero-order valence-electron chi connectivity index (χ0n) is 21.1. The molecule has 2 aromatic carbocycles. The molecule has 0 saturated carbocycles. The summed E-state index contributed by atoms with van der Waals surface area (Å²) < 4.78 is 5.27. The van der Waals surface area contributed by atoms with E-state index in [1.54, 1.807) is 0 Å². The van der Waals surface area contributed by atoms with Gasteiger partial charge in [0.2, 0.25) is 11.8 Å². The number of carbonyl (C=O) groups is 3. The van der Waals surface area contributed by atoms with Gasteiger partial charge in [0.15, 0.2) is 0 Å². The molecule has 3 amide bonds. The van der Waals surface area contributed by atoms with Gasteiger partial charge in [0.1, 0.15) is 18.7 Å². The highest BCUT2D eigenvalue weighted by molar-refractivity contribution is 5.91. The second-order valence-corrected chi connectivity index (χ2v) is 9.09. The van der Waals surface area contributed by atoms with E-state index in [0.717, 1.165) is 24.8 Å². The van der Waals surface area contributed by atoms with Crippen LogP contribution in [0.25, 0.3) is 0 Å². The van der Waals surface area contributed by atoms with E-state index in [9.17, 15) is 14.4 Å². The van der Waals surface area contributed by atoms with Crippen LogP contribution in [0.5, 0.6) is 0 Å². The molecule has 0 radical (unpaired) electrons. The molecule has 2 aromatic rings. The van der Waals surface area contributed by atoms with Gasteiger partial charge in [0.25, 0.3) is 0 Å². The Hall–Kier alpha value is -3.35. The van der Waals surface area contributed by atoms with Gasteiger partial charge in [-0.1, -0.05) is 81.4 Å². The number of amides is 3. The lowest BCUT2D eigenvalue weighted by Gasteiger charge is -2.23. The van der Waals surface area contributed by atoms with Crippen LogP contribution >= 0.6 is 0 Å². The summed E-state index contributed by atoms with van der Waals surface area (Å²) in [5.41, 5.74) is 2.14. The number of benzene rings is 2. The van der Waals surface area contributed by atoms with Gasteiger partial charge in [0, 0.05) is 6.54 Å². The van der Waals surface area contributed by atoms with Crippen molar-refractivity contribution in [3.05, 3.63) is 71.8 Å². The largest absolute Gasteiger partial charge is 0.445 e.